The highest BCUT2D eigenvalue weighted by atomic mass is 16.2. The van der Waals surface area contributed by atoms with E-state index in [1.807, 2.05) is 6.07 Å². The molecule has 1 N–H and O–H groups in total. The zero-order chi connectivity index (χ0) is 15.1. The van der Waals surface area contributed by atoms with Crippen molar-refractivity contribution in [1.82, 2.24) is 9.80 Å². The maximum absolute atomic E-state index is 8.83. The Kier molecular flexibility index (Phi) is 6.25. The van der Waals surface area contributed by atoms with Crippen LogP contribution >= 0.6 is 0 Å². The van der Waals surface area contributed by atoms with E-state index in [1.165, 1.54) is 24.9 Å². The minimum Gasteiger partial charge on any atom is -0.395 e. The molecule has 0 amide bonds. The predicted molar refractivity (Wildman–Crippen MR) is 87.0 cm³/mol. The van der Waals surface area contributed by atoms with Crippen LogP contribution in [0.5, 0.6) is 0 Å². The Hall–Kier alpha value is -1.34. The molecular weight excluding hydrogens is 260 g/mol. The number of benzene rings is 1. The number of aliphatic hydroxyl groups is 1. The number of nitrogens with zero attached hydrogens (tertiary/aromatic N) is 2. The highest BCUT2D eigenvalue weighted by molar-refractivity contribution is 5.41. The lowest BCUT2D eigenvalue weighted by atomic mass is 10.1. The highest BCUT2D eigenvalue weighted by Crippen LogP contribution is 2.17. The fraction of sp³-hybridized carbons (Fsp3) is 0.556. The summed E-state index contributed by atoms with van der Waals surface area (Å²) in [6, 6.07) is 8.99. The van der Waals surface area contributed by atoms with E-state index in [0.29, 0.717) is 12.5 Å². The summed E-state index contributed by atoms with van der Waals surface area (Å²) in [5.41, 5.74) is 2.35. The van der Waals surface area contributed by atoms with Gasteiger partial charge in [-0.05, 0) is 45.1 Å². The van der Waals surface area contributed by atoms with Gasteiger partial charge in [0.1, 0.15) is 0 Å². The largest absolute Gasteiger partial charge is 0.395 e. The molecule has 1 aliphatic heterocycles. The number of hydrogen-bond donors (Lipinski definition) is 1. The summed E-state index contributed by atoms with van der Waals surface area (Å²) >= 11 is 0. The summed E-state index contributed by atoms with van der Waals surface area (Å²) < 4.78 is 0. The van der Waals surface area contributed by atoms with Crippen LogP contribution in [0.15, 0.2) is 24.3 Å². The van der Waals surface area contributed by atoms with E-state index < -0.39 is 0 Å². The van der Waals surface area contributed by atoms with Crippen molar-refractivity contribution < 1.29 is 5.11 Å². The van der Waals surface area contributed by atoms with Gasteiger partial charge < -0.3 is 14.9 Å². The van der Waals surface area contributed by atoms with Gasteiger partial charge in [0.2, 0.25) is 0 Å². The van der Waals surface area contributed by atoms with Gasteiger partial charge in [0.25, 0.3) is 0 Å². The van der Waals surface area contributed by atoms with Gasteiger partial charge in [-0.25, -0.2) is 0 Å². The van der Waals surface area contributed by atoms with E-state index in [0.717, 1.165) is 18.7 Å². The first-order chi connectivity index (χ1) is 10.2. The number of rotatable bonds is 5. The van der Waals surface area contributed by atoms with Gasteiger partial charge in [-0.3, -0.25) is 0 Å². The molecular formula is C18H26N2O. The first kappa shape index (κ1) is 16.0. The Morgan fingerprint density at radius 2 is 2.19 bits per heavy atom. The summed E-state index contributed by atoms with van der Waals surface area (Å²) in [6.07, 6.45) is 3.16. The molecule has 114 valence electrons. The molecule has 1 aliphatic rings. The molecule has 1 heterocycles. The molecule has 1 aromatic rings. The Balaban J connectivity index is 1.97. The number of hydrogen-bond acceptors (Lipinski definition) is 3. The van der Waals surface area contributed by atoms with Crippen LogP contribution in [0, 0.1) is 11.8 Å². The maximum atomic E-state index is 8.83. The standard InChI is InChI=1S/C18H26N2O/c1-19(15-18-11-7-12-20(18)2)14-17-10-4-3-8-16(17)9-5-6-13-21/h3-4,8,10,18,21H,6-7,11-15H2,1-2H3. The first-order valence-electron chi connectivity index (χ1n) is 7.77. The highest BCUT2D eigenvalue weighted by Gasteiger charge is 2.22. The Bertz CT molecular complexity index is 503. The summed E-state index contributed by atoms with van der Waals surface area (Å²) in [6.45, 7) is 3.38. The van der Waals surface area contributed by atoms with Crippen LogP contribution in [0.4, 0.5) is 0 Å². The molecule has 3 heteroatoms. The molecule has 0 aliphatic carbocycles. The third-order valence-electron chi connectivity index (χ3n) is 4.11. The minimum absolute atomic E-state index is 0.128. The quantitative estimate of drug-likeness (QED) is 0.838. The summed E-state index contributed by atoms with van der Waals surface area (Å²) in [4.78, 5) is 4.85. The van der Waals surface area contributed by atoms with Crippen LogP contribution in [0.1, 0.15) is 30.4 Å². The van der Waals surface area contributed by atoms with Crippen molar-refractivity contribution in [2.24, 2.45) is 0 Å². The van der Waals surface area contributed by atoms with E-state index in [2.05, 4.69) is 53.9 Å². The van der Waals surface area contributed by atoms with E-state index in [1.54, 1.807) is 0 Å². The third-order valence-corrected chi connectivity index (χ3v) is 4.11. The fourth-order valence-electron chi connectivity index (χ4n) is 2.92. The Morgan fingerprint density at radius 3 is 2.90 bits per heavy atom. The zero-order valence-electron chi connectivity index (χ0n) is 13.2. The molecule has 2 rings (SSSR count). The first-order valence-corrected chi connectivity index (χ1v) is 7.77. The minimum atomic E-state index is 0.128. The third kappa shape index (κ3) is 4.86. The van der Waals surface area contributed by atoms with E-state index in [4.69, 9.17) is 5.11 Å². The van der Waals surface area contributed by atoms with Crippen molar-refractivity contribution in [2.45, 2.75) is 31.8 Å². The van der Waals surface area contributed by atoms with E-state index >= 15 is 0 Å². The monoisotopic (exact) mass is 286 g/mol. The van der Waals surface area contributed by atoms with Crippen molar-refractivity contribution >= 4 is 0 Å². The molecule has 3 nitrogen and oxygen atoms in total. The van der Waals surface area contributed by atoms with Gasteiger partial charge >= 0.3 is 0 Å². The molecule has 1 saturated heterocycles. The smallest absolute Gasteiger partial charge is 0.0540 e. The van der Waals surface area contributed by atoms with Crippen LogP contribution < -0.4 is 0 Å². The molecule has 0 aromatic heterocycles. The molecule has 1 aromatic carbocycles. The second-order valence-corrected chi connectivity index (χ2v) is 5.91. The average Bonchev–Trinajstić information content (AvgIpc) is 2.86. The maximum Gasteiger partial charge on any atom is 0.0540 e. The van der Waals surface area contributed by atoms with E-state index in [9.17, 15) is 0 Å². The van der Waals surface area contributed by atoms with Gasteiger partial charge in [0, 0.05) is 31.1 Å². The molecule has 0 bridgehead atoms. The van der Waals surface area contributed by atoms with Gasteiger partial charge in [-0.2, -0.15) is 0 Å². The van der Waals surface area contributed by atoms with Crippen molar-refractivity contribution in [3.05, 3.63) is 35.4 Å². The topological polar surface area (TPSA) is 26.7 Å². The Morgan fingerprint density at radius 1 is 1.38 bits per heavy atom. The zero-order valence-corrected chi connectivity index (χ0v) is 13.2. The van der Waals surface area contributed by atoms with Crippen LogP contribution in [0.3, 0.4) is 0 Å². The molecule has 0 saturated carbocycles. The SMILES string of the molecule is CN(Cc1ccccc1C#CCCO)CC1CCCN1C. The van der Waals surface area contributed by atoms with Gasteiger partial charge in [-0.1, -0.05) is 30.0 Å². The van der Waals surface area contributed by atoms with Gasteiger partial charge in [0.05, 0.1) is 6.61 Å². The van der Waals surface area contributed by atoms with Gasteiger partial charge in [0.15, 0.2) is 0 Å². The summed E-state index contributed by atoms with van der Waals surface area (Å²) in [7, 11) is 4.41. The van der Waals surface area contributed by atoms with E-state index in [-0.39, 0.29) is 6.61 Å². The summed E-state index contributed by atoms with van der Waals surface area (Å²) in [5.74, 6) is 6.19. The predicted octanol–water partition coefficient (Wildman–Crippen LogP) is 1.95. The fourth-order valence-corrected chi connectivity index (χ4v) is 2.92. The molecule has 0 spiro atoms. The lowest BCUT2D eigenvalue weighted by Gasteiger charge is -2.26. The number of likely N-dealkylation sites (N-methyl/N-ethyl adjacent to an activating group) is 2. The average molecular weight is 286 g/mol. The van der Waals surface area contributed by atoms with Crippen molar-refractivity contribution in [3.8, 4) is 11.8 Å². The Labute approximate surface area is 128 Å². The molecule has 1 unspecified atom stereocenters. The number of aliphatic hydroxyl groups excluding tert-OH is 1. The lowest BCUT2D eigenvalue weighted by molar-refractivity contribution is 0.215. The van der Waals surface area contributed by atoms with Crippen LogP contribution in [0.25, 0.3) is 0 Å². The normalized spacial score (nSPS) is 18.8. The second kappa shape index (κ2) is 8.19. The molecule has 21 heavy (non-hydrogen) atoms. The van der Waals surface area contributed by atoms with Crippen molar-refractivity contribution in [2.75, 3.05) is 33.8 Å². The molecule has 1 atom stereocenters. The molecule has 0 radical (unpaired) electrons. The van der Waals surface area contributed by atoms with Gasteiger partial charge in [-0.15, -0.1) is 0 Å². The lowest BCUT2D eigenvalue weighted by Crippen LogP contribution is -2.36. The van der Waals surface area contributed by atoms with Crippen LogP contribution in [-0.2, 0) is 6.54 Å². The van der Waals surface area contributed by atoms with Crippen LogP contribution in [0.2, 0.25) is 0 Å². The van der Waals surface area contributed by atoms with Crippen molar-refractivity contribution in [3.63, 3.8) is 0 Å². The van der Waals surface area contributed by atoms with Crippen LogP contribution in [-0.4, -0.2) is 54.7 Å². The second-order valence-electron chi connectivity index (χ2n) is 5.91. The van der Waals surface area contributed by atoms with Crippen molar-refractivity contribution in [1.29, 1.82) is 0 Å². The summed E-state index contributed by atoms with van der Waals surface area (Å²) in [5, 5.41) is 8.83. The number of likely N-dealkylation sites (tertiary alicyclic amines) is 1. The molecule has 1 fully saturated rings.